The molecule has 0 unspecified atom stereocenters. The Morgan fingerprint density at radius 2 is 1.62 bits per heavy atom. The minimum Gasteiger partial charge on any atom is -0.480 e. The van der Waals surface area contributed by atoms with Crippen LogP contribution in [-0.2, 0) is 9.59 Å². The number of hydrogen-bond donors (Lipinski definition) is 5. The molecule has 0 spiro atoms. The van der Waals surface area contributed by atoms with Crippen LogP contribution in [0.4, 0.5) is 10.5 Å². The van der Waals surface area contributed by atoms with E-state index in [1.54, 1.807) is 0 Å². The Balaban J connectivity index is 2.53. The number of urea groups is 1. The van der Waals surface area contributed by atoms with Crippen LogP contribution in [0.15, 0.2) is 24.3 Å². The van der Waals surface area contributed by atoms with Crippen molar-refractivity contribution in [1.82, 2.24) is 10.6 Å². The van der Waals surface area contributed by atoms with E-state index < -0.39 is 30.4 Å². The summed E-state index contributed by atoms with van der Waals surface area (Å²) in [4.78, 5) is 43.7. The molecule has 0 atom stereocenters. The van der Waals surface area contributed by atoms with E-state index in [0.29, 0.717) is 5.69 Å². The van der Waals surface area contributed by atoms with Crippen LogP contribution in [-0.4, -0.2) is 42.0 Å². The topological polar surface area (TPSA) is 151 Å². The average molecular weight is 294 g/mol. The number of benzene rings is 1. The molecule has 1 aromatic carbocycles. The number of nitrogens with two attached hydrogens (primary N) is 1. The lowest BCUT2D eigenvalue weighted by Crippen LogP contribution is -2.36. The Hall–Kier alpha value is -3.10. The van der Waals surface area contributed by atoms with Crippen molar-refractivity contribution in [2.24, 2.45) is 5.73 Å². The first kappa shape index (κ1) is 16.0. The van der Waals surface area contributed by atoms with Gasteiger partial charge < -0.3 is 26.8 Å². The summed E-state index contributed by atoms with van der Waals surface area (Å²) in [6.45, 7) is -0.768. The number of carbonyl (C=O) groups excluding carboxylic acids is 3. The van der Waals surface area contributed by atoms with Crippen LogP contribution >= 0.6 is 0 Å². The van der Waals surface area contributed by atoms with Gasteiger partial charge in [0.05, 0.1) is 6.54 Å². The molecular weight excluding hydrogens is 280 g/mol. The van der Waals surface area contributed by atoms with E-state index in [0.717, 1.165) is 0 Å². The predicted molar refractivity (Wildman–Crippen MR) is 72.6 cm³/mol. The summed E-state index contributed by atoms with van der Waals surface area (Å²) in [7, 11) is 0. The first-order valence-corrected chi connectivity index (χ1v) is 5.81. The molecule has 6 N–H and O–H groups in total. The Bertz CT molecular complexity index is 555. The van der Waals surface area contributed by atoms with Gasteiger partial charge in [-0.05, 0) is 24.3 Å². The monoisotopic (exact) mass is 294 g/mol. The fourth-order valence-corrected chi connectivity index (χ4v) is 1.31. The third-order valence-electron chi connectivity index (χ3n) is 2.23. The molecule has 0 aromatic heterocycles. The summed E-state index contributed by atoms with van der Waals surface area (Å²) < 4.78 is 0. The predicted octanol–water partition coefficient (Wildman–Crippen LogP) is -0.892. The number of amides is 4. The Morgan fingerprint density at radius 3 is 2.14 bits per heavy atom. The molecule has 4 amide bonds. The third-order valence-corrected chi connectivity index (χ3v) is 2.23. The van der Waals surface area contributed by atoms with Crippen LogP contribution in [0.3, 0.4) is 0 Å². The number of anilines is 1. The van der Waals surface area contributed by atoms with Crippen LogP contribution in [0.1, 0.15) is 10.4 Å². The van der Waals surface area contributed by atoms with Gasteiger partial charge >= 0.3 is 12.0 Å². The molecule has 0 radical (unpaired) electrons. The first-order chi connectivity index (χ1) is 9.88. The van der Waals surface area contributed by atoms with Gasteiger partial charge in [0.25, 0.3) is 5.91 Å². The highest BCUT2D eigenvalue weighted by Gasteiger charge is 2.08. The highest BCUT2D eigenvalue weighted by molar-refractivity contribution is 5.97. The van der Waals surface area contributed by atoms with Gasteiger partial charge in [-0.1, -0.05) is 0 Å². The molecule has 9 nitrogen and oxygen atoms in total. The molecule has 0 aliphatic carbocycles. The molecule has 112 valence electrons. The smallest absolute Gasteiger partial charge is 0.322 e. The summed E-state index contributed by atoms with van der Waals surface area (Å²) >= 11 is 0. The fraction of sp³-hybridized carbons (Fsp3) is 0.167. The molecule has 0 bridgehead atoms. The number of aliphatic carboxylic acids is 1. The van der Waals surface area contributed by atoms with Crippen molar-refractivity contribution >= 4 is 29.5 Å². The van der Waals surface area contributed by atoms with Crippen molar-refractivity contribution in [3.63, 3.8) is 0 Å². The number of primary amides is 1. The molecule has 1 aromatic rings. The van der Waals surface area contributed by atoms with Crippen LogP contribution < -0.4 is 21.7 Å². The quantitative estimate of drug-likeness (QED) is 0.461. The Kier molecular flexibility index (Phi) is 5.68. The maximum atomic E-state index is 11.5. The van der Waals surface area contributed by atoms with Gasteiger partial charge in [-0.25, -0.2) is 4.79 Å². The highest BCUT2D eigenvalue weighted by Crippen LogP contribution is 2.09. The number of carboxylic acid groups (broad SMARTS) is 1. The second-order valence-corrected chi connectivity index (χ2v) is 3.93. The Morgan fingerprint density at radius 1 is 1.00 bits per heavy atom. The van der Waals surface area contributed by atoms with E-state index >= 15 is 0 Å². The lowest BCUT2D eigenvalue weighted by Gasteiger charge is -2.07. The summed E-state index contributed by atoms with van der Waals surface area (Å²) in [6, 6.07) is 5.14. The zero-order valence-electron chi connectivity index (χ0n) is 10.9. The van der Waals surface area contributed by atoms with Gasteiger partial charge in [0.1, 0.15) is 6.54 Å². The molecule has 0 aliphatic rings. The summed E-state index contributed by atoms with van der Waals surface area (Å²) in [6.07, 6.45) is 0. The van der Waals surface area contributed by atoms with Crippen LogP contribution in [0.25, 0.3) is 0 Å². The van der Waals surface area contributed by atoms with E-state index in [2.05, 4.69) is 16.0 Å². The van der Waals surface area contributed by atoms with Gasteiger partial charge in [-0.15, -0.1) is 0 Å². The molecular formula is C12H14N4O5. The summed E-state index contributed by atoms with van der Waals surface area (Å²) in [5, 5.41) is 15.3. The van der Waals surface area contributed by atoms with Crippen molar-refractivity contribution in [2.45, 2.75) is 0 Å². The summed E-state index contributed by atoms with van der Waals surface area (Å²) in [5.41, 5.74) is 5.51. The molecule has 0 saturated heterocycles. The van der Waals surface area contributed by atoms with E-state index in [4.69, 9.17) is 10.8 Å². The number of rotatable bonds is 6. The minimum atomic E-state index is -1.15. The molecule has 9 heteroatoms. The van der Waals surface area contributed by atoms with Crippen LogP contribution in [0.5, 0.6) is 0 Å². The largest absolute Gasteiger partial charge is 0.480 e. The van der Waals surface area contributed by atoms with Gasteiger partial charge in [0.15, 0.2) is 0 Å². The minimum absolute atomic E-state index is 0.249. The maximum absolute atomic E-state index is 11.5. The lowest BCUT2D eigenvalue weighted by atomic mass is 10.2. The number of nitrogens with one attached hydrogen (secondary N) is 3. The van der Waals surface area contributed by atoms with Crippen LogP contribution in [0.2, 0.25) is 0 Å². The molecule has 1 rings (SSSR count). The van der Waals surface area contributed by atoms with Crippen molar-refractivity contribution in [1.29, 1.82) is 0 Å². The van der Waals surface area contributed by atoms with Gasteiger partial charge in [0.2, 0.25) is 5.91 Å². The van der Waals surface area contributed by atoms with E-state index in [1.165, 1.54) is 24.3 Å². The second kappa shape index (κ2) is 7.48. The zero-order chi connectivity index (χ0) is 15.8. The zero-order valence-corrected chi connectivity index (χ0v) is 10.9. The molecule has 0 heterocycles. The SMILES string of the molecule is NC(=O)CNC(=O)Nc1ccc(C(=O)NCC(=O)O)cc1. The van der Waals surface area contributed by atoms with Crippen molar-refractivity contribution < 1.29 is 24.3 Å². The summed E-state index contributed by atoms with van der Waals surface area (Å²) in [5.74, 6) is -2.36. The average Bonchev–Trinajstić information content (AvgIpc) is 2.43. The normalized spacial score (nSPS) is 9.52. The lowest BCUT2D eigenvalue weighted by molar-refractivity contribution is -0.135. The standard InChI is InChI=1S/C12H14N4O5/c13-9(17)5-15-12(21)16-8-3-1-7(2-4-8)11(20)14-6-10(18)19/h1-4H,5-6H2,(H2,13,17)(H,14,20)(H,18,19)(H2,15,16,21). The number of carboxylic acids is 1. The number of carbonyl (C=O) groups is 4. The van der Waals surface area contributed by atoms with Crippen molar-refractivity contribution in [3.05, 3.63) is 29.8 Å². The highest BCUT2D eigenvalue weighted by atomic mass is 16.4. The maximum Gasteiger partial charge on any atom is 0.322 e. The van der Waals surface area contributed by atoms with Gasteiger partial charge in [-0.2, -0.15) is 0 Å². The Labute approximate surface area is 119 Å². The molecule has 21 heavy (non-hydrogen) atoms. The molecule has 0 saturated carbocycles. The van der Waals surface area contributed by atoms with Gasteiger partial charge in [-0.3, -0.25) is 14.4 Å². The molecule has 0 aliphatic heterocycles. The van der Waals surface area contributed by atoms with Gasteiger partial charge in [0, 0.05) is 11.3 Å². The third kappa shape index (κ3) is 6.05. The molecule has 0 fully saturated rings. The van der Waals surface area contributed by atoms with Crippen molar-refractivity contribution in [2.75, 3.05) is 18.4 Å². The van der Waals surface area contributed by atoms with E-state index in [1.807, 2.05) is 0 Å². The second-order valence-electron chi connectivity index (χ2n) is 3.93. The van der Waals surface area contributed by atoms with E-state index in [9.17, 15) is 19.2 Å². The van der Waals surface area contributed by atoms with Crippen molar-refractivity contribution in [3.8, 4) is 0 Å². The van der Waals surface area contributed by atoms with Crippen LogP contribution in [0, 0.1) is 0 Å². The fourth-order valence-electron chi connectivity index (χ4n) is 1.31. The number of hydrogen-bond acceptors (Lipinski definition) is 4. The first-order valence-electron chi connectivity index (χ1n) is 5.81. The van der Waals surface area contributed by atoms with E-state index in [-0.39, 0.29) is 12.1 Å².